The lowest BCUT2D eigenvalue weighted by atomic mass is 9.73. The molecule has 0 bridgehead atoms. The Labute approximate surface area is 92.3 Å². The lowest BCUT2D eigenvalue weighted by Gasteiger charge is -2.31. The van der Waals surface area contributed by atoms with E-state index in [1.165, 1.54) is 12.0 Å². The van der Waals surface area contributed by atoms with Crippen molar-refractivity contribution >= 4 is 11.6 Å². The van der Waals surface area contributed by atoms with Gasteiger partial charge in [0.2, 0.25) is 0 Å². The fourth-order valence-electron chi connectivity index (χ4n) is 1.67. The first-order chi connectivity index (χ1) is 6.48. The molecule has 1 unspecified atom stereocenters. The molecule has 0 N–H and O–H groups in total. The molecule has 1 aromatic carbocycles. The Hall–Kier alpha value is -0.490. The maximum Gasteiger partial charge on any atom is 0.0406 e. The van der Waals surface area contributed by atoms with Crippen molar-refractivity contribution in [2.75, 3.05) is 0 Å². The van der Waals surface area contributed by atoms with E-state index in [9.17, 15) is 0 Å². The lowest BCUT2D eigenvalue weighted by molar-refractivity contribution is 0.335. The van der Waals surface area contributed by atoms with Gasteiger partial charge in [-0.05, 0) is 29.0 Å². The first-order valence-corrected chi connectivity index (χ1v) is 5.62. The molecule has 0 saturated heterocycles. The van der Waals surface area contributed by atoms with Crippen LogP contribution in [0.25, 0.3) is 0 Å². The summed E-state index contributed by atoms with van der Waals surface area (Å²) in [6.07, 6.45) is 1.20. The fourth-order valence-corrected chi connectivity index (χ4v) is 1.80. The van der Waals surface area contributed by atoms with Crippen LogP contribution in [0.2, 0.25) is 5.02 Å². The summed E-state index contributed by atoms with van der Waals surface area (Å²) >= 11 is 5.88. The molecular weight excluding hydrogens is 192 g/mol. The molecule has 0 heterocycles. The van der Waals surface area contributed by atoms with Gasteiger partial charge in [0, 0.05) is 5.02 Å². The second kappa shape index (κ2) is 4.35. The van der Waals surface area contributed by atoms with E-state index in [4.69, 9.17) is 11.6 Å². The Morgan fingerprint density at radius 2 is 1.71 bits per heavy atom. The smallest absolute Gasteiger partial charge is 0.0406 e. The van der Waals surface area contributed by atoms with Gasteiger partial charge in [-0.3, -0.25) is 0 Å². The average molecular weight is 211 g/mol. The van der Waals surface area contributed by atoms with Crippen LogP contribution in [0.5, 0.6) is 0 Å². The van der Waals surface area contributed by atoms with E-state index < -0.39 is 0 Å². The van der Waals surface area contributed by atoms with Gasteiger partial charge in [-0.1, -0.05) is 57.8 Å². The molecule has 78 valence electrons. The van der Waals surface area contributed by atoms with Gasteiger partial charge in [0.05, 0.1) is 0 Å². The molecule has 1 rings (SSSR count). The van der Waals surface area contributed by atoms with Crippen LogP contribution < -0.4 is 0 Å². The SMILES string of the molecule is CCC(C)C(C)(C)c1ccc(Cl)cc1. The quantitative estimate of drug-likeness (QED) is 0.681. The summed E-state index contributed by atoms with van der Waals surface area (Å²) in [4.78, 5) is 0. The van der Waals surface area contributed by atoms with Crippen LogP contribution in [0.3, 0.4) is 0 Å². The van der Waals surface area contributed by atoms with Gasteiger partial charge in [0.15, 0.2) is 0 Å². The summed E-state index contributed by atoms with van der Waals surface area (Å²) in [7, 11) is 0. The third-order valence-electron chi connectivity index (χ3n) is 3.43. The molecular formula is C13H19Cl. The normalized spacial score (nSPS) is 14.1. The molecule has 0 aromatic heterocycles. The van der Waals surface area contributed by atoms with Gasteiger partial charge in [0.1, 0.15) is 0 Å². The van der Waals surface area contributed by atoms with Gasteiger partial charge >= 0.3 is 0 Å². The van der Waals surface area contributed by atoms with Gasteiger partial charge in [-0.25, -0.2) is 0 Å². The minimum Gasteiger partial charge on any atom is -0.0843 e. The highest BCUT2D eigenvalue weighted by Crippen LogP contribution is 2.33. The van der Waals surface area contributed by atoms with E-state index in [1.807, 2.05) is 12.1 Å². The van der Waals surface area contributed by atoms with Crippen molar-refractivity contribution in [3.8, 4) is 0 Å². The molecule has 0 aliphatic heterocycles. The van der Waals surface area contributed by atoms with Gasteiger partial charge in [-0.2, -0.15) is 0 Å². The topological polar surface area (TPSA) is 0 Å². The minimum absolute atomic E-state index is 0.235. The van der Waals surface area contributed by atoms with Crippen molar-refractivity contribution < 1.29 is 0 Å². The summed E-state index contributed by atoms with van der Waals surface area (Å²) in [5, 5.41) is 0.814. The molecule has 0 nitrogen and oxygen atoms in total. The third-order valence-corrected chi connectivity index (χ3v) is 3.68. The van der Waals surface area contributed by atoms with Crippen LogP contribution >= 0.6 is 11.6 Å². The molecule has 0 aliphatic rings. The first kappa shape index (κ1) is 11.6. The predicted octanol–water partition coefficient (Wildman–Crippen LogP) is 4.66. The molecule has 1 heteroatoms. The van der Waals surface area contributed by atoms with E-state index in [0.717, 1.165) is 5.02 Å². The maximum absolute atomic E-state index is 5.88. The van der Waals surface area contributed by atoms with E-state index >= 15 is 0 Å². The Morgan fingerprint density at radius 1 is 1.21 bits per heavy atom. The Balaban J connectivity index is 2.97. The fraction of sp³-hybridized carbons (Fsp3) is 0.538. The summed E-state index contributed by atoms with van der Waals surface area (Å²) in [6.45, 7) is 9.13. The summed E-state index contributed by atoms with van der Waals surface area (Å²) in [6, 6.07) is 8.21. The highest BCUT2D eigenvalue weighted by atomic mass is 35.5. The van der Waals surface area contributed by atoms with Crippen molar-refractivity contribution in [1.82, 2.24) is 0 Å². The number of rotatable bonds is 3. The minimum atomic E-state index is 0.235. The highest BCUT2D eigenvalue weighted by molar-refractivity contribution is 6.30. The Bertz CT molecular complexity index is 285. The zero-order valence-electron chi connectivity index (χ0n) is 9.47. The summed E-state index contributed by atoms with van der Waals surface area (Å²) in [5.74, 6) is 0.684. The zero-order valence-corrected chi connectivity index (χ0v) is 10.2. The van der Waals surface area contributed by atoms with Crippen molar-refractivity contribution in [3.63, 3.8) is 0 Å². The van der Waals surface area contributed by atoms with Gasteiger partial charge in [-0.15, -0.1) is 0 Å². The molecule has 14 heavy (non-hydrogen) atoms. The Kier molecular flexibility index (Phi) is 3.60. The molecule has 0 amide bonds. The van der Waals surface area contributed by atoms with Crippen LogP contribution in [0.1, 0.15) is 39.7 Å². The monoisotopic (exact) mass is 210 g/mol. The number of hydrogen-bond acceptors (Lipinski definition) is 0. The maximum atomic E-state index is 5.88. The van der Waals surface area contributed by atoms with Crippen LogP contribution in [0, 0.1) is 5.92 Å². The highest BCUT2D eigenvalue weighted by Gasteiger charge is 2.26. The zero-order chi connectivity index (χ0) is 10.8. The first-order valence-electron chi connectivity index (χ1n) is 5.24. The molecule has 1 atom stereocenters. The number of hydrogen-bond donors (Lipinski definition) is 0. The van der Waals surface area contributed by atoms with Crippen molar-refractivity contribution in [1.29, 1.82) is 0 Å². The summed E-state index contributed by atoms with van der Waals surface area (Å²) in [5.41, 5.74) is 1.61. The molecule has 1 aromatic rings. The molecule has 0 fully saturated rings. The second-order valence-corrected chi connectivity index (χ2v) is 4.97. The van der Waals surface area contributed by atoms with Gasteiger partial charge in [0.25, 0.3) is 0 Å². The molecule has 0 saturated carbocycles. The largest absolute Gasteiger partial charge is 0.0843 e. The molecule has 0 aliphatic carbocycles. The molecule has 0 spiro atoms. The van der Waals surface area contributed by atoms with Gasteiger partial charge < -0.3 is 0 Å². The second-order valence-electron chi connectivity index (χ2n) is 4.54. The van der Waals surface area contributed by atoms with E-state index in [0.29, 0.717) is 5.92 Å². The summed E-state index contributed by atoms with van der Waals surface area (Å²) < 4.78 is 0. The van der Waals surface area contributed by atoms with Crippen molar-refractivity contribution in [2.24, 2.45) is 5.92 Å². The van der Waals surface area contributed by atoms with Crippen LogP contribution in [0.15, 0.2) is 24.3 Å². The predicted molar refractivity (Wildman–Crippen MR) is 63.9 cm³/mol. The van der Waals surface area contributed by atoms with E-state index in [1.54, 1.807) is 0 Å². The van der Waals surface area contributed by atoms with Crippen molar-refractivity contribution in [3.05, 3.63) is 34.9 Å². The van der Waals surface area contributed by atoms with Crippen LogP contribution in [-0.2, 0) is 5.41 Å². The number of halogens is 1. The standard InChI is InChI=1S/C13H19Cl/c1-5-10(2)13(3,4)11-6-8-12(14)9-7-11/h6-10H,5H2,1-4H3. The number of benzene rings is 1. The van der Waals surface area contributed by atoms with E-state index in [2.05, 4.69) is 39.8 Å². The molecule has 0 radical (unpaired) electrons. The van der Waals surface area contributed by atoms with Crippen molar-refractivity contribution in [2.45, 2.75) is 39.5 Å². The Morgan fingerprint density at radius 3 is 2.14 bits per heavy atom. The van der Waals surface area contributed by atoms with Crippen LogP contribution in [0.4, 0.5) is 0 Å². The van der Waals surface area contributed by atoms with Crippen LogP contribution in [-0.4, -0.2) is 0 Å². The third kappa shape index (κ3) is 2.30. The van der Waals surface area contributed by atoms with E-state index in [-0.39, 0.29) is 5.41 Å². The lowest BCUT2D eigenvalue weighted by Crippen LogP contribution is -2.25. The average Bonchev–Trinajstić information content (AvgIpc) is 2.17.